The largest absolute Gasteiger partial charge is 0.0654 e. The van der Waals surface area contributed by atoms with Gasteiger partial charge in [0.05, 0.1) is 0 Å². The van der Waals surface area contributed by atoms with Crippen LogP contribution in [0.1, 0.15) is 73.1 Å². The molecule has 0 spiro atoms. The van der Waals surface area contributed by atoms with Crippen molar-refractivity contribution in [3.63, 3.8) is 0 Å². The molecule has 0 atom stereocenters. The predicted molar refractivity (Wildman–Crippen MR) is 62.0 cm³/mol. The van der Waals surface area contributed by atoms with E-state index in [0.29, 0.717) is 5.41 Å². The molecule has 0 aliphatic carbocycles. The first kappa shape index (κ1) is 13.0. The summed E-state index contributed by atoms with van der Waals surface area (Å²) in [6.45, 7) is 11.7. The van der Waals surface area contributed by atoms with Crippen LogP contribution in [0.2, 0.25) is 0 Å². The van der Waals surface area contributed by atoms with Crippen LogP contribution in [0.3, 0.4) is 0 Å². The highest BCUT2D eigenvalue weighted by molar-refractivity contribution is 4.67. The van der Waals surface area contributed by atoms with Crippen LogP contribution in [0.5, 0.6) is 0 Å². The average Bonchev–Trinajstić information content (AvgIpc) is 1.98. The second kappa shape index (κ2) is 6.45. The molecule has 0 N–H and O–H groups in total. The van der Waals surface area contributed by atoms with Gasteiger partial charge in [-0.1, -0.05) is 60.3 Å². The first-order chi connectivity index (χ1) is 5.98. The van der Waals surface area contributed by atoms with Gasteiger partial charge in [-0.2, -0.15) is 0 Å². The van der Waals surface area contributed by atoms with E-state index in [9.17, 15) is 0 Å². The molecule has 0 heteroatoms. The van der Waals surface area contributed by atoms with Gasteiger partial charge in [-0.25, -0.2) is 0 Å². The minimum absolute atomic E-state index is 0.589. The van der Waals surface area contributed by atoms with E-state index >= 15 is 0 Å². The van der Waals surface area contributed by atoms with Crippen molar-refractivity contribution >= 4 is 0 Å². The number of hydrogen-bond donors (Lipinski definition) is 0. The zero-order valence-electron chi connectivity index (χ0n) is 10.3. The molecule has 0 nitrogen and oxygen atoms in total. The summed E-state index contributed by atoms with van der Waals surface area (Å²) < 4.78 is 0. The molecular weight excluding hydrogens is 156 g/mol. The number of hydrogen-bond acceptors (Lipinski definition) is 0. The summed E-state index contributed by atoms with van der Waals surface area (Å²) in [5.41, 5.74) is 0.589. The second-order valence-electron chi connectivity index (χ2n) is 5.55. The molecule has 0 aliphatic heterocycles. The molecule has 0 heterocycles. The SMILES string of the molecule is CCCC(C)(C)CCCCC(C)C. The van der Waals surface area contributed by atoms with Gasteiger partial charge < -0.3 is 0 Å². The fourth-order valence-corrected chi connectivity index (χ4v) is 1.96. The van der Waals surface area contributed by atoms with Crippen molar-refractivity contribution in [1.82, 2.24) is 0 Å². The molecule has 0 fully saturated rings. The third-order valence-electron chi connectivity index (χ3n) is 2.81. The molecule has 0 aromatic heterocycles. The van der Waals surface area contributed by atoms with Gasteiger partial charge >= 0.3 is 0 Å². The third kappa shape index (κ3) is 8.33. The monoisotopic (exact) mass is 184 g/mol. The summed E-state index contributed by atoms with van der Waals surface area (Å²) in [5, 5.41) is 0. The van der Waals surface area contributed by atoms with Crippen LogP contribution in [0.4, 0.5) is 0 Å². The molecule has 0 aromatic carbocycles. The lowest BCUT2D eigenvalue weighted by Gasteiger charge is -2.23. The van der Waals surface area contributed by atoms with Gasteiger partial charge in [0.25, 0.3) is 0 Å². The molecule has 80 valence electrons. The summed E-state index contributed by atoms with van der Waals surface area (Å²) in [5.74, 6) is 0.884. The van der Waals surface area contributed by atoms with Gasteiger partial charge in [-0.15, -0.1) is 0 Å². The maximum absolute atomic E-state index is 2.41. The van der Waals surface area contributed by atoms with E-state index in [1.54, 1.807) is 0 Å². The molecule has 13 heavy (non-hydrogen) atoms. The van der Waals surface area contributed by atoms with Crippen molar-refractivity contribution in [3.05, 3.63) is 0 Å². The topological polar surface area (TPSA) is 0 Å². The van der Waals surface area contributed by atoms with Crippen molar-refractivity contribution in [2.45, 2.75) is 73.1 Å². The van der Waals surface area contributed by atoms with E-state index in [1.807, 2.05) is 0 Å². The lowest BCUT2D eigenvalue weighted by molar-refractivity contribution is 0.289. The second-order valence-corrected chi connectivity index (χ2v) is 5.55. The first-order valence-corrected chi connectivity index (χ1v) is 5.98. The lowest BCUT2D eigenvalue weighted by atomic mass is 9.82. The molecular formula is C13H28. The molecule has 0 radical (unpaired) electrons. The summed E-state index contributed by atoms with van der Waals surface area (Å²) in [4.78, 5) is 0. The Morgan fingerprint density at radius 3 is 2.08 bits per heavy atom. The van der Waals surface area contributed by atoms with E-state index in [0.717, 1.165) is 5.92 Å². The smallest absolute Gasteiger partial charge is 0.0354 e. The zero-order chi connectivity index (χ0) is 10.3. The van der Waals surface area contributed by atoms with Gasteiger partial charge in [0.15, 0.2) is 0 Å². The Kier molecular flexibility index (Phi) is 6.45. The summed E-state index contributed by atoms with van der Waals surface area (Å²) in [6, 6.07) is 0. The predicted octanol–water partition coefficient (Wildman–Crippen LogP) is 5.03. The standard InChI is InChI=1S/C13H28/c1-6-10-13(4,5)11-8-7-9-12(2)3/h12H,6-11H2,1-5H3. The Hall–Kier alpha value is 0. The van der Waals surface area contributed by atoms with E-state index < -0.39 is 0 Å². The fourth-order valence-electron chi connectivity index (χ4n) is 1.96. The van der Waals surface area contributed by atoms with Crippen molar-refractivity contribution in [1.29, 1.82) is 0 Å². The van der Waals surface area contributed by atoms with Crippen LogP contribution >= 0.6 is 0 Å². The summed E-state index contributed by atoms with van der Waals surface area (Å²) >= 11 is 0. The van der Waals surface area contributed by atoms with Gasteiger partial charge in [0, 0.05) is 0 Å². The lowest BCUT2D eigenvalue weighted by Crippen LogP contribution is -2.10. The minimum atomic E-state index is 0.589. The Morgan fingerprint density at radius 1 is 1.00 bits per heavy atom. The molecule has 0 bridgehead atoms. The Labute approximate surface area is 85.1 Å². The first-order valence-electron chi connectivity index (χ1n) is 5.98. The number of unbranched alkanes of at least 4 members (excludes halogenated alkanes) is 1. The van der Waals surface area contributed by atoms with Crippen molar-refractivity contribution in [2.75, 3.05) is 0 Å². The van der Waals surface area contributed by atoms with Crippen LogP contribution in [0, 0.1) is 11.3 Å². The van der Waals surface area contributed by atoms with Crippen molar-refractivity contribution in [3.8, 4) is 0 Å². The molecule has 0 rings (SSSR count). The Morgan fingerprint density at radius 2 is 1.62 bits per heavy atom. The van der Waals surface area contributed by atoms with Gasteiger partial charge in [-0.3, -0.25) is 0 Å². The van der Waals surface area contributed by atoms with E-state index in [4.69, 9.17) is 0 Å². The maximum Gasteiger partial charge on any atom is -0.0354 e. The Bertz CT molecular complexity index is 111. The quantitative estimate of drug-likeness (QED) is 0.487. The highest BCUT2D eigenvalue weighted by Gasteiger charge is 2.15. The van der Waals surface area contributed by atoms with Crippen LogP contribution in [-0.2, 0) is 0 Å². The van der Waals surface area contributed by atoms with E-state index in [-0.39, 0.29) is 0 Å². The fraction of sp³-hybridized carbons (Fsp3) is 1.00. The number of rotatable bonds is 7. The highest BCUT2D eigenvalue weighted by atomic mass is 14.2. The zero-order valence-corrected chi connectivity index (χ0v) is 10.3. The van der Waals surface area contributed by atoms with E-state index in [2.05, 4.69) is 34.6 Å². The average molecular weight is 184 g/mol. The van der Waals surface area contributed by atoms with Crippen LogP contribution < -0.4 is 0 Å². The van der Waals surface area contributed by atoms with Crippen LogP contribution in [0.25, 0.3) is 0 Å². The molecule has 0 saturated heterocycles. The summed E-state index contributed by atoms with van der Waals surface area (Å²) in [6.07, 6.45) is 8.37. The van der Waals surface area contributed by atoms with Gasteiger partial charge in [0.2, 0.25) is 0 Å². The maximum atomic E-state index is 2.41. The highest BCUT2D eigenvalue weighted by Crippen LogP contribution is 2.29. The Balaban J connectivity index is 3.40. The third-order valence-corrected chi connectivity index (χ3v) is 2.81. The molecule has 0 aromatic rings. The normalized spacial score (nSPS) is 12.5. The minimum Gasteiger partial charge on any atom is -0.0654 e. The molecule has 0 aliphatic rings. The van der Waals surface area contributed by atoms with Gasteiger partial charge in [0.1, 0.15) is 0 Å². The van der Waals surface area contributed by atoms with Gasteiger partial charge in [-0.05, 0) is 24.2 Å². The van der Waals surface area contributed by atoms with Crippen LogP contribution in [0.15, 0.2) is 0 Å². The molecule has 0 amide bonds. The molecule has 0 saturated carbocycles. The van der Waals surface area contributed by atoms with Crippen molar-refractivity contribution in [2.24, 2.45) is 11.3 Å². The summed E-state index contributed by atoms with van der Waals surface area (Å²) in [7, 11) is 0. The van der Waals surface area contributed by atoms with E-state index in [1.165, 1.54) is 38.5 Å². The van der Waals surface area contributed by atoms with Crippen molar-refractivity contribution < 1.29 is 0 Å². The van der Waals surface area contributed by atoms with Crippen LogP contribution in [-0.4, -0.2) is 0 Å². The molecule has 0 unspecified atom stereocenters.